The molecule has 1 fully saturated rings. The third kappa shape index (κ3) is 4.89. The highest BCUT2D eigenvalue weighted by atomic mass is 16.5. The molecule has 10 heteroatoms. The van der Waals surface area contributed by atoms with Crippen molar-refractivity contribution in [2.45, 2.75) is 25.6 Å². The minimum Gasteiger partial charge on any atom is -0.381 e. The molecule has 28 heavy (non-hydrogen) atoms. The Morgan fingerprint density at radius 3 is 2.82 bits per heavy atom. The zero-order valence-corrected chi connectivity index (χ0v) is 16.2. The maximum absolute atomic E-state index is 8.82. The first kappa shape index (κ1) is 19.9. The van der Waals surface area contributed by atoms with Gasteiger partial charge in [-0.15, -0.1) is 10.2 Å². The first-order valence-corrected chi connectivity index (χ1v) is 9.00. The summed E-state index contributed by atoms with van der Waals surface area (Å²) < 4.78 is 11.3. The van der Waals surface area contributed by atoms with Gasteiger partial charge < -0.3 is 25.4 Å². The van der Waals surface area contributed by atoms with Gasteiger partial charge in [-0.25, -0.2) is 9.97 Å². The van der Waals surface area contributed by atoms with Crippen LogP contribution in [-0.2, 0) is 15.1 Å². The molecule has 0 bridgehead atoms. The molecule has 3 heterocycles. The van der Waals surface area contributed by atoms with Crippen molar-refractivity contribution < 1.29 is 9.47 Å². The number of hydrogen-bond acceptors (Lipinski definition) is 10. The Labute approximate surface area is 163 Å². The number of methoxy groups -OCH3 is 1. The molecular formula is C18H24N8O2. The molecule has 0 aromatic carbocycles. The number of morpholine rings is 1. The van der Waals surface area contributed by atoms with Gasteiger partial charge in [-0.1, -0.05) is 0 Å². The van der Waals surface area contributed by atoms with Crippen molar-refractivity contribution in [2.24, 2.45) is 0 Å². The Morgan fingerprint density at radius 2 is 2.18 bits per heavy atom. The lowest BCUT2D eigenvalue weighted by Crippen LogP contribution is -2.42. The minimum absolute atomic E-state index is 0.0706. The second-order valence-corrected chi connectivity index (χ2v) is 6.81. The van der Waals surface area contributed by atoms with Gasteiger partial charge in [0.05, 0.1) is 30.8 Å². The van der Waals surface area contributed by atoms with Crippen LogP contribution >= 0.6 is 0 Å². The molecule has 148 valence electrons. The van der Waals surface area contributed by atoms with Crippen molar-refractivity contribution in [1.29, 1.82) is 5.26 Å². The van der Waals surface area contributed by atoms with Gasteiger partial charge in [0, 0.05) is 32.8 Å². The van der Waals surface area contributed by atoms with Crippen LogP contribution in [0.3, 0.4) is 0 Å². The monoisotopic (exact) mass is 384 g/mol. The molecule has 3 rings (SSSR count). The number of nitriles is 1. The topological polar surface area (TPSA) is 130 Å². The molecule has 0 spiro atoms. The highest BCUT2D eigenvalue weighted by Crippen LogP contribution is 2.30. The summed E-state index contributed by atoms with van der Waals surface area (Å²) in [5.74, 6) is 0.970. The van der Waals surface area contributed by atoms with Gasteiger partial charge >= 0.3 is 0 Å². The lowest BCUT2D eigenvalue weighted by molar-refractivity contribution is 0.0151. The van der Waals surface area contributed by atoms with Crippen LogP contribution in [0.4, 0.5) is 17.3 Å². The van der Waals surface area contributed by atoms with Crippen molar-refractivity contribution in [3.05, 3.63) is 29.8 Å². The van der Waals surface area contributed by atoms with Crippen molar-refractivity contribution >= 4 is 17.3 Å². The van der Waals surface area contributed by atoms with E-state index in [4.69, 9.17) is 14.7 Å². The van der Waals surface area contributed by atoms with Crippen molar-refractivity contribution in [2.75, 3.05) is 44.0 Å². The molecule has 3 N–H and O–H groups in total. The molecule has 2 aromatic heterocycles. The standard InChI is InChI=1S/C18H24N8O2/c1-18(2,27-3)17-14(22-10-13-9-20-4-5-28-13)6-15(25-26-17)24-16-11-21-12(7-19)8-23-16/h6,8,11,13,20H,4-5,9-10H2,1-3H3,(H2,22,23,24,25)/t13-/m1/s1. The highest BCUT2D eigenvalue weighted by Gasteiger charge is 2.27. The molecule has 1 aliphatic heterocycles. The molecule has 0 amide bonds. The molecule has 1 atom stereocenters. The third-order valence-electron chi connectivity index (χ3n) is 4.42. The SMILES string of the molecule is COC(C)(C)c1nnc(Nc2cnc(C#N)cn2)cc1NC[C@H]1CNCCO1. The maximum atomic E-state index is 8.82. The molecular weight excluding hydrogens is 360 g/mol. The van der Waals surface area contributed by atoms with Gasteiger partial charge in [0.15, 0.2) is 11.5 Å². The fraction of sp³-hybridized carbons (Fsp3) is 0.500. The van der Waals surface area contributed by atoms with E-state index in [1.807, 2.05) is 26.0 Å². The van der Waals surface area contributed by atoms with E-state index in [1.54, 1.807) is 7.11 Å². The summed E-state index contributed by atoms with van der Waals surface area (Å²) in [6.45, 7) is 6.85. The van der Waals surface area contributed by atoms with Gasteiger partial charge in [-0.2, -0.15) is 5.26 Å². The van der Waals surface area contributed by atoms with E-state index in [-0.39, 0.29) is 11.8 Å². The average molecular weight is 384 g/mol. The molecule has 0 unspecified atom stereocenters. The molecule has 2 aromatic rings. The first-order chi connectivity index (χ1) is 13.5. The zero-order valence-electron chi connectivity index (χ0n) is 16.2. The largest absolute Gasteiger partial charge is 0.381 e. The van der Waals surface area contributed by atoms with E-state index in [9.17, 15) is 0 Å². The van der Waals surface area contributed by atoms with Gasteiger partial charge in [-0.3, -0.25) is 0 Å². The Morgan fingerprint density at radius 1 is 1.32 bits per heavy atom. The second kappa shape index (κ2) is 8.88. The van der Waals surface area contributed by atoms with Crippen molar-refractivity contribution in [1.82, 2.24) is 25.5 Å². The first-order valence-electron chi connectivity index (χ1n) is 9.00. The van der Waals surface area contributed by atoms with Crippen LogP contribution in [0.25, 0.3) is 0 Å². The van der Waals surface area contributed by atoms with Crippen LogP contribution in [0, 0.1) is 11.3 Å². The number of nitrogens with one attached hydrogen (secondary N) is 3. The van der Waals surface area contributed by atoms with Crippen LogP contribution in [0.1, 0.15) is 25.2 Å². The predicted molar refractivity (Wildman–Crippen MR) is 103 cm³/mol. The fourth-order valence-electron chi connectivity index (χ4n) is 2.69. The van der Waals surface area contributed by atoms with E-state index in [0.717, 1.165) is 18.8 Å². The Hall–Kier alpha value is -2.87. The third-order valence-corrected chi connectivity index (χ3v) is 4.42. The zero-order chi connectivity index (χ0) is 20.0. The lowest BCUT2D eigenvalue weighted by atomic mass is 10.0. The van der Waals surface area contributed by atoms with Crippen LogP contribution < -0.4 is 16.0 Å². The quantitative estimate of drug-likeness (QED) is 0.639. The van der Waals surface area contributed by atoms with Crippen LogP contribution in [0.5, 0.6) is 0 Å². The van der Waals surface area contributed by atoms with Crippen molar-refractivity contribution in [3.8, 4) is 6.07 Å². The summed E-state index contributed by atoms with van der Waals surface area (Å²) in [5, 5.41) is 27.2. The number of ether oxygens (including phenoxy) is 2. The number of hydrogen-bond donors (Lipinski definition) is 3. The van der Waals surface area contributed by atoms with Crippen LogP contribution in [0.15, 0.2) is 18.5 Å². The fourth-order valence-corrected chi connectivity index (χ4v) is 2.69. The van der Waals surface area contributed by atoms with Crippen molar-refractivity contribution in [3.63, 3.8) is 0 Å². The number of nitrogens with zero attached hydrogens (tertiary/aromatic N) is 5. The van der Waals surface area contributed by atoms with Crippen LogP contribution in [-0.4, -0.2) is 59.6 Å². The van der Waals surface area contributed by atoms with E-state index in [0.29, 0.717) is 30.5 Å². The molecule has 10 nitrogen and oxygen atoms in total. The number of rotatable bonds is 7. The van der Waals surface area contributed by atoms with Gasteiger partial charge in [0.1, 0.15) is 23.2 Å². The Kier molecular flexibility index (Phi) is 6.30. The van der Waals surface area contributed by atoms with E-state index >= 15 is 0 Å². The average Bonchev–Trinajstić information content (AvgIpc) is 2.73. The molecule has 0 saturated carbocycles. The number of anilines is 3. The predicted octanol–water partition coefficient (Wildman–Crippen LogP) is 1.16. The molecule has 1 aliphatic rings. The van der Waals surface area contributed by atoms with Gasteiger partial charge in [-0.05, 0) is 13.8 Å². The summed E-state index contributed by atoms with van der Waals surface area (Å²) in [7, 11) is 1.64. The smallest absolute Gasteiger partial charge is 0.158 e. The second-order valence-electron chi connectivity index (χ2n) is 6.81. The molecule has 0 radical (unpaired) electrons. The van der Waals surface area contributed by atoms with E-state index in [1.165, 1.54) is 12.4 Å². The number of aromatic nitrogens is 4. The van der Waals surface area contributed by atoms with E-state index in [2.05, 4.69) is 36.1 Å². The van der Waals surface area contributed by atoms with Gasteiger partial charge in [0.25, 0.3) is 0 Å². The Balaban J connectivity index is 1.80. The maximum Gasteiger partial charge on any atom is 0.158 e. The molecule has 1 saturated heterocycles. The van der Waals surface area contributed by atoms with E-state index < -0.39 is 5.60 Å². The summed E-state index contributed by atoms with van der Waals surface area (Å²) in [6, 6.07) is 3.78. The van der Waals surface area contributed by atoms with Crippen LogP contribution in [0.2, 0.25) is 0 Å². The summed E-state index contributed by atoms with van der Waals surface area (Å²) in [6.07, 6.45) is 2.94. The highest BCUT2D eigenvalue weighted by molar-refractivity contribution is 5.60. The molecule has 0 aliphatic carbocycles. The summed E-state index contributed by atoms with van der Waals surface area (Å²) in [5.41, 5.74) is 1.11. The summed E-state index contributed by atoms with van der Waals surface area (Å²) in [4.78, 5) is 8.13. The minimum atomic E-state index is -0.617. The van der Waals surface area contributed by atoms with Gasteiger partial charge in [0.2, 0.25) is 0 Å². The Bertz CT molecular complexity index is 828. The normalized spacial score (nSPS) is 17.0. The lowest BCUT2D eigenvalue weighted by Gasteiger charge is -2.27. The summed E-state index contributed by atoms with van der Waals surface area (Å²) >= 11 is 0.